The zero-order chi connectivity index (χ0) is 51.0. The van der Waals surface area contributed by atoms with E-state index in [0.717, 1.165) is 34.1 Å². The Balaban J connectivity index is 0.648. The minimum absolute atomic E-state index is 0.124. The Bertz CT molecular complexity index is 4050. The van der Waals surface area contributed by atoms with Crippen LogP contribution in [0.15, 0.2) is 279 Å². The summed E-state index contributed by atoms with van der Waals surface area (Å²) in [5.74, 6) is 0. The zero-order valence-corrected chi connectivity index (χ0v) is 42.6. The minimum Gasteiger partial charge on any atom is -0.356 e. The van der Waals surface area contributed by atoms with Crippen LogP contribution >= 0.6 is 0 Å². The molecule has 0 saturated carbocycles. The molecule has 0 aromatic heterocycles. The summed E-state index contributed by atoms with van der Waals surface area (Å²) in [4.78, 5) is 0. The first-order valence-electron chi connectivity index (χ1n) is 26.2. The van der Waals surface area contributed by atoms with Gasteiger partial charge in [-0.15, -0.1) is 0 Å². The summed E-state index contributed by atoms with van der Waals surface area (Å²) in [7, 11) is 0. The molecule has 3 nitrogen and oxygen atoms in total. The highest BCUT2D eigenvalue weighted by molar-refractivity contribution is 5.92. The Morgan fingerprint density at radius 1 is 0.211 bits per heavy atom. The first-order valence-corrected chi connectivity index (χ1v) is 26.2. The molecule has 0 spiro atoms. The van der Waals surface area contributed by atoms with Gasteiger partial charge in [-0.2, -0.15) is 0 Å². The number of hydrogen-bond acceptors (Lipinski definition) is 3. The van der Waals surface area contributed by atoms with Crippen molar-refractivity contribution < 1.29 is 0 Å². The van der Waals surface area contributed by atoms with Crippen molar-refractivity contribution in [2.24, 2.45) is 0 Å². The van der Waals surface area contributed by atoms with Gasteiger partial charge in [0.25, 0.3) is 0 Å². The molecular weight excluding hydrogens is 919 g/mol. The van der Waals surface area contributed by atoms with E-state index in [1.54, 1.807) is 0 Å². The smallest absolute Gasteiger partial charge is 0.0387 e. The number of nitrogens with one attached hydrogen (secondary N) is 3. The van der Waals surface area contributed by atoms with E-state index in [2.05, 4.69) is 285 Å². The largest absolute Gasteiger partial charge is 0.356 e. The normalized spacial score (nSPS) is 12.2. The molecule has 362 valence electrons. The van der Waals surface area contributed by atoms with Gasteiger partial charge in [-0.25, -0.2) is 0 Å². The second kappa shape index (κ2) is 19.6. The van der Waals surface area contributed by atoms with Crippen molar-refractivity contribution in [2.45, 2.75) is 19.3 Å². The summed E-state index contributed by atoms with van der Waals surface area (Å²) in [6.45, 7) is 4.70. The van der Waals surface area contributed by atoms with E-state index >= 15 is 0 Å². The molecule has 1 aliphatic rings. The Kier molecular flexibility index (Phi) is 11.9. The third kappa shape index (κ3) is 9.32. The van der Waals surface area contributed by atoms with Gasteiger partial charge in [0.2, 0.25) is 0 Å². The molecule has 0 aliphatic heterocycles. The number of anilines is 6. The van der Waals surface area contributed by atoms with Crippen molar-refractivity contribution in [1.29, 1.82) is 0 Å². The Labute approximate surface area is 445 Å². The Morgan fingerprint density at radius 2 is 0.500 bits per heavy atom. The minimum atomic E-state index is -0.124. The lowest BCUT2D eigenvalue weighted by molar-refractivity contribution is 0.661. The van der Waals surface area contributed by atoms with Crippen LogP contribution in [-0.4, -0.2) is 0 Å². The molecule has 0 atom stereocenters. The van der Waals surface area contributed by atoms with Crippen LogP contribution < -0.4 is 16.0 Å². The van der Waals surface area contributed by atoms with E-state index in [1.165, 1.54) is 99.8 Å². The van der Waals surface area contributed by atoms with Gasteiger partial charge in [-0.05, 0) is 203 Å². The maximum atomic E-state index is 3.63. The average molecular weight is 974 g/mol. The predicted molar refractivity (Wildman–Crippen MR) is 323 cm³/mol. The van der Waals surface area contributed by atoms with Crippen LogP contribution in [0.3, 0.4) is 0 Å². The quantitative estimate of drug-likeness (QED) is 0.114. The second-order valence-corrected chi connectivity index (χ2v) is 20.5. The number of fused-ring (bicyclic) bond motifs is 4. The molecule has 0 bridgehead atoms. The fraction of sp³-hybridized carbons (Fsp3) is 0.0411. The zero-order valence-electron chi connectivity index (χ0n) is 42.6. The van der Waals surface area contributed by atoms with Crippen LogP contribution in [0.2, 0.25) is 0 Å². The third-order valence-corrected chi connectivity index (χ3v) is 15.2. The van der Waals surface area contributed by atoms with E-state index in [4.69, 9.17) is 0 Å². The lowest BCUT2D eigenvalue weighted by atomic mass is 9.81. The van der Waals surface area contributed by atoms with Crippen LogP contribution in [0.5, 0.6) is 0 Å². The summed E-state index contributed by atoms with van der Waals surface area (Å²) in [5.41, 5.74) is 26.1. The predicted octanol–water partition coefficient (Wildman–Crippen LogP) is 20.4. The molecule has 0 saturated heterocycles. The van der Waals surface area contributed by atoms with Gasteiger partial charge in [0.05, 0.1) is 0 Å². The highest BCUT2D eigenvalue weighted by atomic mass is 14.9. The van der Waals surface area contributed by atoms with Crippen molar-refractivity contribution in [3.63, 3.8) is 0 Å². The summed E-state index contributed by atoms with van der Waals surface area (Å²) in [6, 6.07) is 101. The van der Waals surface area contributed by atoms with Crippen molar-refractivity contribution in [2.75, 3.05) is 16.0 Å². The van der Waals surface area contributed by atoms with Crippen molar-refractivity contribution in [3.05, 3.63) is 290 Å². The van der Waals surface area contributed by atoms with Crippen molar-refractivity contribution in [3.8, 4) is 77.9 Å². The highest BCUT2D eigenvalue weighted by Crippen LogP contribution is 2.51. The Hall–Kier alpha value is -9.70. The average Bonchev–Trinajstić information content (AvgIpc) is 3.76. The fourth-order valence-electron chi connectivity index (χ4n) is 11.0. The molecule has 1 aliphatic carbocycles. The van der Waals surface area contributed by atoms with E-state index in [1.807, 2.05) is 24.3 Å². The van der Waals surface area contributed by atoms with Crippen LogP contribution in [0.1, 0.15) is 25.0 Å². The monoisotopic (exact) mass is 973 g/mol. The Morgan fingerprint density at radius 3 is 0.961 bits per heavy atom. The van der Waals surface area contributed by atoms with E-state index in [0.29, 0.717) is 0 Å². The molecule has 3 heteroatoms. The van der Waals surface area contributed by atoms with Gasteiger partial charge in [0, 0.05) is 39.5 Å². The van der Waals surface area contributed by atoms with E-state index < -0.39 is 0 Å². The number of rotatable bonds is 12. The number of benzene rings is 12. The molecule has 12 aromatic carbocycles. The van der Waals surface area contributed by atoms with Crippen LogP contribution in [0.4, 0.5) is 34.1 Å². The third-order valence-electron chi connectivity index (χ3n) is 15.2. The molecule has 0 unspecified atom stereocenters. The van der Waals surface area contributed by atoms with E-state index in [9.17, 15) is 0 Å². The molecule has 0 fully saturated rings. The number of para-hydroxylation sites is 2. The molecule has 12 aromatic rings. The summed E-state index contributed by atoms with van der Waals surface area (Å²) >= 11 is 0. The maximum Gasteiger partial charge on any atom is 0.0387 e. The lowest BCUT2D eigenvalue weighted by Gasteiger charge is -2.23. The molecule has 76 heavy (non-hydrogen) atoms. The standard InChI is InChI=1S/C73H55N3/c1-73(2)71-47-62(33-41-69(71)70-42-40-68(48-72(70)73)76-64-17-7-4-8-18-64)57-14-10-12-55(44-57)52-29-36-66(37-30-52)75-67-38-31-53(32-39-67)58-23-24-61-46-59(25-26-60(61)45-58)56-13-9-11-54(43-56)51-21-19-49(20-22-51)50-27-34-65(35-28-50)74-63-15-5-3-6-16-63/h3-48,74-76H,1-2H3. The van der Waals surface area contributed by atoms with Crippen LogP contribution in [0.25, 0.3) is 88.7 Å². The van der Waals surface area contributed by atoms with Gasteiger partial charge < -0.3 is 16.0 Å². The summed E-state index contributed by atoms with van der Waals surface area (Å²) in [6.07, 6.45) is 0. The molecule has 13 rings (SSSR count). The lowest BCUT2D eigenvalue weighted by Crippen LogP contribution is -2.15. The topological polar surface area (TPSA) is 36.1 Å². The summed E-state index contributed by atoms with van der Waals surface area (Å²) < 4.78 is 0. The molecule has 0 radical (unpaired) electrons. The van der Waals surface area contributed by atoms with Crippen LogP contribution in [-0.2, 0) is 5.41 Å². The van der Waals surface area contributed by atoms with Gasteiger partial charge in [-0.1, -0.05) is 190 Å². The summed E-state index contributed by atoms with van der Waals surface area (Å²) in [5, 5.41) is 13.1. The SMILES string of the molecule is CC1(C)c2cc(Nc3ccccc3)ccc2-c2ccc(-c3cccc(-c4ccc(Nc5ccc(-c6ccc7cc(-c8cccc(-c9ccc(-c%10ccc(Nc%11ccccc%11)cc%10)cc9)c8)ccc7c6)cc5)cc4)c3)cc21. The molecular formula is C73H55N3. The van der Waals surface area contributed by atoms with Gasteiger partial charge in [-0.3, -0.25) is 0 Å². The first-order chi connectivity index (χ1) is 37.3. The fourth-order valence-corrected chi connectivity index (χ4v) is 11.0. The molecule has 3 N–H and O–H groups in total. The maximum absolute atomic E-state index is 3.63. The van der Waals surface area contributed by atoms with Gasteiger partial charge in [0.15, 0.2) is 0 Å². The highest BCUT2D eigenvalue weighted by Gasteiger charge is 2.36. The van der Waals surface area contributed by atoms with Crippen LogP contribution in [0, 0.1) is 0 Å². The van der Waals surface area contributed by atoms with E-state index in [-0.39, 0.29) is 5.41 Å². The van der Waals surface area contributed by atoms with Crippen molar-refractivity contribution >= 4 is 44.9 Å². The van der Waals surface area contributed by atoms with Gasteiger partial charge in [0.1, 0.15) is 0 Å². The molecule has 0 heterocycles. The second-order valence-electron chi connectivity index (χ2n) is 20.5. The number of hydrogen-bond donors (Lipinski definition) is 3. The van der Waals surface area contributed by atoms with Gasteiger partial charge >= 0.3 is 0 Å². The first kappa shape index (κ1) is 46.1. The molecule has 0 amide bonds. The van der Waals surface area contributed by atoms with Crippen molar-refractivity contribution in [1.82, 2.24) is 0 Å².